The summed E-state index contributed by atoms with van der Waals surface area (Å²) >= 11 is 0. The molecule has 0 fully saturated rings. The first-order valence-corrected chi connectivity index (χ1v) is 5.33. The van der Waals surface area contributed by atoms with Gasteiger partial charge in [-0.15, -0.1) is 0 Å². The molecule has 1 heterocycles. The van der Waals surface area contributed by atoms with Gasteiger partial charge in [0.1, 0.15) is 11.6 Å². The summed E-state index contributed by atoms with van der Waals surface area (Å²) < 4.78 is 0. The average Bonchev–Trinajstić information content (AvgIpc) is 2.63. The summed E-state index contributed by atoms with van der Waals surface area (Å²) in [6.07, 6.45) is 0.838. The van der Waals surface area contributed by atoms with E-state index < -0.39 is 0 Å². The number of hydrogen-bond donors (Lipinski definition) is 3. The van der Waals surface area contributed by atoms with Crippen LogP contribution in [-0.2, 0) is 6.42 Å². The van der Waals surface area contributed by atoms with Crippen molar-refractivity contribution in [3.63, 3.8) is 0 Å². The molecule has 4 heteroatoms. The third-order valence-corrected chi connectivity index (χ3v) is 2.74. The van der Waals surface area contributed by atoms with Crippen LogP contribution < -0.4 is 11.5 Å². The number of para-hydroxylation sites is 1. The van der Waals surface area contributed by atoms with Crippen molar-refractivity contribution in [2.24, 2.45) is 0 Å². The van der Waals surface area contributed by atoms with E-state index in [1.807, 2.05) is 32.0 Å². The molecule has 16 heavy (non-hydrogen) atoms. The molecule has 0 saturated heterocycles. The molecule has 0 unspecified atom stereocenters. The number of nitrogen functional groups attached to an aromatic ring is 2. The minimum Gasteiger partial charge on any atom is -0.398 e. The molecular weight excluding hydrogens is 200 g/mol. The van der Waals surface area contributed by atoms with Crippen LogP contribution in [0.25, 0.3) is 11.4 Å². The van der Waals surface area contributed by atoms with Crippen molar-refractivity contribution in [2.45, 2.75) is 20.3 Å². The quantitative estimate of drug-likeness (QED) is 0.672. The fourth-order valence-corrected chi connectivity index (χ4v) is 1.71. The molecule has 0 saturated carbocycles. The Hall–Kier alpha value is -1.97. The number of benzene rings is 1. The van der Waals surface area contributed by atoms with Crippen LogP contribution in [-0.4, -0.2) is 9.97 Å². The van der Waals surface area contributed by atoms with Gasteiger partial charge in [-0.25, -0.2) is 4.98 Å². The van der Waals surface area contributed by atoms with Gasteiger partial charge in [0, 0.05) is 11.3 Å². The third-order valence-electron chi connectivity index (χ3n) is 2.74. The Bertz CT molecular complexity index is 514. The minimum absolute atomic E-state index is 0.554. The lowest BCUT2D eigenvalue weighted by molar-refractivity contribution is 1.07. The summed E-state index contributed by atoms with van der Waals surface area (Å²) in [5.74, 6) is 1.30. The number of H-pyrrole nitrogens is 1. The smallest absolute Gasteiger partial charge is 0.145 e. The Morgan fingerprint density at radius 1 is 1.31 bits per heavy atom. The van der Waals surface area contributed by atoms with Crippen LogP contribution in [0.5, 0.6) is 0 Å². The third kappa shape index (κ3) is 1.62. The van der Waals surface area contributed by atoms with Gasteiger partial charge in [-0.1, -0.05) is 19.1 Å². The van der Waals surface area contributed by atoms with E-state index in [4.69, 9.17) is 11.5 Å². The number of aromatic amines is 1. The fraction of sp³-hybridized carbons (Fsp3) is 0.250. The number of anilines is 2. The predicted octanol–water partition coefficient (Wildman–Crippen LogP) is 2.11. The van der Waals surface area contributed by atoms with E-state index in [1.165, 1.54) is 0 Å². The number of nitrogens with two attached hydrogens (primary N) is 2. The summed E-state index contributed by atoms with van der Waals surface area (Å²) in [5.41, 5.74) is 15.5. The summed E-state index contributed by atoms with van der Waals surface area (Å²) in [5, 5.41) is 0. The summed E-state index contributed by atoms with van der Waals surface area (Å²) in [6.45, 7) is 4.01. The molecule has 0 aliphatic carbocycles. The van der Waals surface area contributed by atoms with Crippen molar-refractivity contribution in [2.75, 3.05) is 11.5 Å². The maximum absolute atomic E-state index is 6.01. The molecule has 0 spiro atoms. The Labute approximate surface area is 94.7 Å². The molecule has 0 amide bonds. The van der Waals surface area contributed by atoms with Crippen LogP contribution in [0.4, 0.5) is 11.5 Å². The largest absolute Gasteiger partial charge is 0.398 e. The Morgan fingerprint density at radius 3 is 2.69 bits per heavy atom. The zero-order valence-corrected chi connectivity index (χ0v) is 9.54. The van der Waals surface area contributed by atoms with Gasteiger partial charge in [-0.05, 0) is 25.0 Å². The SMILES string of the molecule is CCc1[nH]c(-c2cccc(C)c2N)nc1N. The molecule has 84 valence electrons. The van der Waals surface area contributed by atoms with Crippen molar-refractivity contribution < 1.29 is 0 Å². The second-order valence-corrected chi connectivity index (χ2v) is 3.84. The zero-order chi connectivity index (χ0) is 11.7. The Kier molecular flexibility index (Phi) is 2.56. The molecule has 5 N–H and O–H groups in total. The molecule has 0 radical (unpaired) electrons. The Morgan fingerprint density at radius 2 is 2.06 bits per heavy atom. The van der Waals surface area contributed by atoms with Crippen LogP contribution in [0.2, 0.25) is 0 Å². The number of nitrogens with one attached hydrogen (secondary N) is 1. The topological polar surface area (TPSA) is 80.7 Å². The minimum atomic E-state index is 0.554. The first-order valence-electron chi connectivity index (χ1n) is 5.33. The van der Waals surface area contributed by atoms with Gasteiger partial charge in [-0.2, -0.15) is 0 Å². The maximum Gasteiger partial charge on any atom is 0.145 e. The first kappa shape index (κ1) is 10.5. The van der Waals surface area contributed by atoms with Crippen molar-refractivity contribution in [3.05, 3.63) is 29.5 Å². The zero-order valence-electron chi connectivity index (χ0n) is 9.54. The van der Waals surface area contributed by atoms with E-state index in [0.717, 1.165) is 34.8 Å². The van der Waals surface area contributed by atoms with E-state index in [-0.39, 0.29) is 0 Å². The predicted molar refractivity (Wildman–Crippen MR) is 67.0 cm³/mol. The highest BCUT2D eigenvalue weighted by Crippen LogP contribution is 2.27. The highest BCUT2D eigenvalue weighted by molar-refractivity contribution is 5.75. The van der Waals surface area contributed by atoms with Crippen LogP contribution >= 0.6 is 0 Å². The molecule has 1 aromatic carbocycles. The van der Waals surface area contributed by atoms with Gasteiger partial charge in [0.05, 0.1) is 5.69 Å². The molecule has 2 aromatic rings. The molecule has 4 nitrogen and oxygen atoms in total. The van der Waals surface area contributed by atoms with Crippen molar-refractivity contribution in [1.82, 2.24) is 9.97 Å². The van der Waals surface area contributed by atoms with E-state index in [9.17, 15) is 0 Å². The number of rotatable bonds is 2. The molecule has 0 atom stereocenters. The second kappa shape index (κ2) is 3.89. The number of nitrogens with zero attached hydrogens (tertiary/aromatic N) is 1. The molecule has 1 aromatic heterocycles. The molecule has 2 rings (SSSR count). The normalized spacial score (nSPS) is 10.6. The Balaban J connectivity index is 2.54. The number of hydrogen-bond acceptors (Lipinski definition) is 3. The lowest BCUT2D eigenvalue weighted by Crippen LogP contribution is -1.94. The van der Waals surface area contributed by atoms with Gasteiger partial charge in [0.25, 0.3) is 0 Å². The number of imidazole rings is 1. The van der Waals surface area contributed by atoms with Gasteiger partial charge < -0.3 is 16.5 Å². The molecule has 0 aliphatic heterocycles. The summed E-state index contributed by atoms with van der Waals surface area (Å²) in [6, 6.07) is 5.89. The maximum atomic E-state index is 6.01. The molecule has 0 bridgehead atoms. The number of aryl methyl sites for hydroxylation is 2. The van der Waals surface area contributed by atoms with Gasteiger partial charge in [0.2, 0.25) is 0 Å². The second-order valence-electron chi connectivity index (χ2n) is 3.84. The number of aromatic nitrogens is 2. The van der Waals surface area contributed by atoms with Gasteiger partial charge >= 0.3 is 0 Å². The van der Waals surface area contributed by atoms with Crippen LogP contribution in [0, 0.1) is 6.92 Å². The monoisotopic (exact) mass is 216 g/mol. The van der Waals surface area contributed by atoms with E-state index in [2.05, 4.69) is 9.97 Å². The molecular formula is C12H16N4. The fourth-order valence-electron chi connectivity index (χ4n) is 1.71. The lowest BCUT2D eigenvalue weighted by atomic mass is 10.1. The van der Waals surface area contributed by atoms with Crippen LogP contribution in [0.3, 0.4) is 0 Å². The average molecular weight is 216 g/mol. The standard InChI is InChI=1S/C12H16N4/c1-3-9-11(14)16-12(15-9)8-6-4-5-7(2)10(8)13/h4-6H,3,13-14H2,1-2H3,(H,15,16). The first-order chi connectivity index (χ1) is 7.63. The van der Waals surface area contributed by atoms with Crippen molar-refractivity contribution >= 4 is 11.5 Å². The summed E-state index contributed by atoms with van der Waals surface area (Å²) in [4.78, 5) is 7.50. The van der Waals surface area contributed by atoms with Crippen molar-refractivity contribution in [1.29, 1.82) is 0 Å². The lowest BCUT2D eigenvalue weighted by Gasteiger charge is -2.04. The highest BCUT2D eigenvalue weighted by atomic mass is 15.0. The molecule has 0 aliphatic rings. The summed E-state index contributed by atoms with van der Waals surface area (Å²) in [7, 11) is 0. The van der Waals surface area contributed by atoms with Crippen LogP contribution in [0.1, 0.15) is 18.2 Å². The van der Waals surface area contributed by atoms with E-state index >= 15 is 0 Å². The van der Waals surface area contributed by atoms with Crippen LogP contribution in [0.15, 0.2) is 18.2 Å². The van der Waals surface area contributed by atoms with E-state index in [0.29, 0.717) is 5.82 Å². The van der Waals surface area contributed by atoms with Gasteiger partial charge in [-0.3, -0.25) is 0 Å². The van der Waals surface area contributed by atoms with E-state index in [1.54, 1.807) is 0 Å². The highest BCUT2D eigenvalue weighted by Gasteiger charge is 2.10. The van der Waals surface area contributed by atoms with Gasteiger partial charge in [0.15, 0.2) is 0 Å². The van der Waals surface area contributed by atoms with Crippen molar-refractivity contribution in [3.8, 4) is 11.4 Å².